The Bertz CT molecular complexity index is 857. The zero-order chi connectivity index (χ0) is 21.6. The number of nitrogens with zero attached hydrogens (tertiary/aromatic N) is 1. The maximum absolute atomic E-state index is 12.6. The van der Waals surface area contributed by atoms with Gasteiger partial charge in [-0.15, -0.1) is 0 Å². The molecule has 2 rings (SSSR count). The second-order valence-electron chi connectivity index (χ2n) is 6.74. The maximum Gasteiger partial charge on any atom is 0.331 e. The van der Waals surface area contributed by atoms with E-state index >= 15 is 0 Å². The molecule has 9 heteroatoms. The van der Waals surface area contributed by atoms with Crippen molar-refractivity contribution in [2.75, 3.05) is 32.3 Å². The predicted molar refractivity (Wildman–Crippen MR) is 109 cm³/mol. The van der Waals surface area contributed by atoms with Crippen LogP contribution in [0.15, 0.2) is 24.3 Å². The molecule has 1 aromatic rings. The van der Waals surface area contributed by atoms with Crippen LogP contribution in [-0.2, 0) is 24.2 Å². The van der Waals surface area contributed by atoms with E-state index in [1.54, 1.807) is 25.1 Å². The molecule has 0 spiro atoms. The molecular weight excluding hydrogens is 398 g/mol. The maximum atomic E-state index is 12.6. The molecule has 1 amide bonds. The number of amides is 1. The number of benzene rings is 1. The number of hydrogen-bond donors (Lipinski definition) is 0. The van der Waals surface area contributed by atoms with Crippen LogP contribution < -0.4 is 9.47 Å². The summed E-state index contributed by atoms with van der Waals surface area (Å²) in [6.45, 7) is 3.60. The first-order valence-corrected chi connectivity index (χ1v) is 11.1. The molecule has 0 bridgehead atoms. The Hall–Kier alpha value is -2.55. The van der Waals surface area contributed by atoms with Crippen molar-refractivity contribution in [1.82, 2.24) is 4.90 Å². The minimum atomic E-state index is -3.12. The number of likely N-dealkylation sites (N-methyl/N-ethyl adjacent to an activating group) is 1. The standard InChI is InChI=1S/C20H27NO7S/c1-5-21(16-8-9-29(24,25)13-16)20(23)14(2)28-19(22)7-6-15-10-17(26-3)12-18(11-15)27-4/h6-7,10-12,14,16H,5,8-9,13H2,1-4H3/b7-6+/t14-,16+/m0/s1. The summed E-state index contributed by atoms with van der Waals surface area (Å²) in [5.41, 5.74) is 0.670. The van der Waals surface area contributed by atoms with E-state index < -0.39 is 27.8 Å². The number of hydrogen-bond acceptors (Lipinski definition) is 7. The second kappa shape index (κ2) is 9.78. The molecule has 0 saturated carbocycles. The minimum Gasteiger partial charge on any atom is -0.497 e. The van der Waals surface area contributed by atoms with Crippen molar-refractivity contribution in [3.05, 3.63) is 29.8 Å². The lowest BCUT2D eigenvalue weighted by Crippen LogP contribution is -2.46. The summed E-state index contributed by atoms with van der Waals surface area (Å²) in [6.07, 6.45) is 2.13. The molecule has 1 aliphatic heterocycles. The summed E-state index contributed by atoms with van der Waals surface area (Å²) in [5, 5.41) is 0. The summed E-state index contributed by atoms with van der Waals surface area (Å²) < 4.78 is 39.0. The van der Waals surface area contributed by atoms with Crippen LogP contribution in [0.1, 0.15) is 25.8 Å². The molecular formula is C20H27NO7S. The average molecular weight is 426 g/mol. The van der Waals surface area contributed by atoms with E-state index in [1.165, 1.54) is 38.2 Å². The monoisotopic (exact) mass is 425 g/mol. The van der Waals surface area contributed by atoms with Gasteiger partial charge in [0.05, 0.1) is 25.7 Å². The highest BCUT2D eigenvalue weighted by Crippen LogP contribution is 2.23. The Labute approximate surface area is 171 Å². The summed E-state index contributed by atoms with van der Waals surface area (Å²) in [7, 11) is -0.0636. The summed E-state index contributed by atoms with van der Waals surface area (Å²) in [5.74, 6) is 0.0897. The number of rotatable bonds is 8. The van der Waals surface area contributed by atoms with Crippen molar-refractivity contribution in [1.29, 1.82) is 0 Å². The summed E-state index contributed by atoms with van der Waals surface area (Å²) in [6, 6.07) is 4.78. The van der Waals surface area contributed by atoms with Gasteiger partial charge in [-0.1, -0.05) is 0 Å². The molecule has 2 atom stereocenters. The van der Waals surface area contributed by atoms with Gasteiger partial charge in [-0.3, -0.25) is 4.79 Å². The lowest BCUT2D eigenvalue weighted by molar-refractivity contribution is -0.156. The lowest BCUT2D eigenvalue weighted by Gasteiger charge is -2.29. The third kappa shape index (κ3) is 6.22. The molecule has 1 heterocycles. The normalized spacial score (nSPS) is 19.0. The van der Waals surface area contributed by atoms with Gasteiger partial charge >= 0.3 is 5.97 Å². The van der Waals surface area contributed by atoms with Crippen LogP contribution in [0.25, 0.3) is 6.08 Å². The molecule has 0 radical (unpaired) electrons. The Morgan fingerprint density at radius 1 is 1.21 bits per heavy atom. The predicted octanol–water partition coefficient (Wildman–Crippen LogP) is 1.68. The van der Waals surface area contributed by atoms with E-state index in [0.717, 1.165) is 0 Å². The number of carbonyl (C=O) groups excluding carboxylic acids is 2. The lowest BCUT2D eigenvalue weighted by atomic mass is 10.2. The SMILES string of the molecule is CCN(C(=O)[C@H](C)OC(=O)/C=C/c1cc(OC)cc(OC)c1)[C@@H]1CCS(=O)(=O)C1. The van der Waals surface area contributed by atoms with E-state index in [0.29, 0.717) is 30.0 Å². The smallest absolute Gasteiger partial charge is 0.331 e. The van der Waals surface area contributed by atoms with Gasteiger partial charge in [0.15, 0.2) is 15.9 Å². The molecule has 160 valence electrons. The number of carbonyl (C=O) groups is 2. The molecule has 1 aromatic carbocycles. The van der Waals surface area contributed by atoms with Crippen LogP contribution in [0.4, 0.5) is 0 Å². The Morgan fingerprint density at radius 2 is 1.83 bits per heavy atom. The summed E-state index contributed by atoms with van der Waals surface area (Å²) in [4.78, 5) is 26.3. The second-order valence-corrected chi connectivity index (χ2v) is 8.97. The van der Waals surface area contributed by atoms with Crippen LogP contribution in [0.3, 0.4) is 0 Å². The summed E-state index contributed by atoms with van der Waals surface area (Å²) >= 11 is 0. The van der Waals surface area contributed by atoms with Crippen molar-refractivity contribution in [2.24, 2.45) is 0 Å². The van der Waals surface area contributed by atoms with Crippen molar-refractivity contribution in [3.63, 3.8) is 0 Å². The molecule has 1 saturated heterocycles. The van der Waals surface area contributed by atoms with Crippen LogP contribution in [0.5, 0.6) is 11.5 Å². The fourth-order valence-electron chi connectivity index (χ4n) is 3.20. The zero-order valence-electron chi connectivity index (χ0n) is 17.1. The Morgan fingerprint density at radius 3 is 2.31 bits per heavy atom. The van der Waals surface area contributed by atoms with Crippen molar-refractivity contribution < 1.29 is 32.2 Å². The number of sulfone groups is 1. The number of methoxy groups -OCH3 is 2. The molecule has 29 heavy (non-hydrogen) atoms. The Kier molecular flexibility index (Phi) is 7.66. The van der Waals surface area contributed by atoms with Crippen LogP contribution >= 0.6 is 0 Å². The number of esters is 1. The molecule has 0 N–H and O–H groups in total. The third-order valence-electron chi connectivity index (χ3n) is 4.70. The van der Waals surface area contributed by atoms with E-state index in [2.05, 4.69) is 0 Å². The van der Waals surface area contributed by atoms with Gasteiger partial charge in [0, 0.05) is 24.7 Å². The van der Waals surface area contributed by atoms with E-state index in [9.17, 15) is 18.0 Å². The van der Waals surface area contributed by atoms with Crippen molar-refractivity contribution in [2.45, 2.75) is 32.4 Å². The molecule has 0 aromatic heterocycles. The van der Waals surface area contributed by atoms with Gasteiger partial charge in [-0.25, -0.2) is 13.2 Å². The minimum absolute atomic E-state index is 0.0508. The molecule has 0 unspecified atom stereocenters. The van der Waals surface area contributed by atoms with Gasteiger partial charge in [-0.2, -0.15) is 0 Å². The van der Waals surface area contributed by atoms with Crippen LogP contribution in [0.2, 0.25) is 0 Å². The van der Waals surface area contributed by atoms with Gasteiger partial charge in [-0.05, 0) is 44.0 Å². The topological polar surface area (TPSA) is 99.2 Å². The van der Waals surface area contributed by atoms with E-state index in [4.69, 9.17) is 14.2 Å². The zero-order valence-corrected chi connectivity index (χ0v) is 17.9. The van der Waals surface area contributed by atoms with E-state index in [1.807, 2.05) is 0 Å². The quantitative estimate of drug-likeness (QED) is 0.462. The highest BCUT2D eigenvalue weighted by molar-refractivity contribution is 7.91. The third-order valence-corrected chi connectivity index (χ3v) is 6.45. The average Bonchev–Trinajstić information content (AvgIpc) is 3.05. The number of ether oxygens (including phenoxy) is 3. The molecule has 1 aliphatic rings. The van der Waals surface area contributed by atoms with Gasteiger partial charge < -0.3 is 19.1 Å². The molecule has 8 nitrogen and oxygen atoms in total. The largest absolute Gasteiger partial charge is 0.497 e. The highest BCUT2D eigenvalue weighted by Gasteiger charge is 2.36. The Balaban J connectivity index is 2.00. The molecule has 0 aliphatic carbocycles. The van der Waals surface area contributed by atoms with Gasteiger partial charge in [0.2, 0.25) is 0 Å². The highest BCUT2D eigenvalue weighted by atomic mass is 32.2. The van der Waals surface area contributed by atoms with Crippen molar-refractivity contribution >= 4 is 27.8 Å². The fraction of sp³-hybridized carbons (Fsp3) is 0.500. The van der Waals surface area contributed by atoms with E-state index in [-0.39, 0.29) is 17.5 Å². The first-order chi connectivity index (χ1) is 13.7. The molecule has 1 fully saturated rings. The van der Waals surface area contributed by atoms with Crippen LogP contribution in [0, 0.1) is 0 Å². The first-order valence-electron chi connectivity index (χ1n) is 9.31. The first kappa shape index (κ1) is 22.7. The van der Waals surface area contributed by atoms with Gasteiger partial charge in [0.25, 0.3) is 5.91 Å². The van der Waals surface area contributed by atoms with Gasteiger partial charge in [0.1, 0.15) is 11.5 Å². The fourth-order valence-corrected chi connectivity index (χ4v) is 4.93. The van der Waals surface area contributed by atoms with Crippen molar-refractivity contribution in [3.8, 4) is 11.5 Å². The van der Waals surface area contributed by atoms with Crippen LogP contribution in [-0.4, -0.2) is 69.6 Å².